The van der Waals surface area contributed by atoms with Crippen LogP contribution >= 0.6 is 0 Å². The molecule has 0 aliphatic carbocycles. The maximum atomic E-state index is 13.2. The van der Waals surface area contributed by atoms with Gasteiger partial charge in [0, 0.05) is 6.42 Å². The third kappa shape index (κ3) is 8.30. The number of alkyl carbamates (subject to hydrolysis) is 1. The van der Waals surface area contributed by atoms with Crippen LogP contribution in [0.3, 0.4) is 0 Å². The maximum Gasteiger partial charge on any atom is 0.408 e. The van der Waals surface area contributed by atoms with Crippen molar-refractivity contribution in [2.45, 2.75) is 32.9 Å². The number of hydrogen-bond acceptors (Lipinski definition) is 5. The van der Waals surface area contributed by atoms with E-state index in [-0.39, 0.29) is 31.1 Å². The van der Waals surface area contributed by atoms with Gasteiger partial charge in [-0.1, -0.05) is 86.6 Å². The summed E-state index contributed by atoms with van der Waals surface area (Å²) in [5.41, 5.74) is 2.25. The quantitative estimate of drug-likeness (QED) is 0.405. The molecule has 0 spiro atoms. The Morgan fingerprint density at radius 1 is 0.771 bits per heavy atom. The van der Waals surface area contributed by atoms with Gasteiger partial charge >= 0.3 is 12.1 Å². The van der Waals surface area contributed by atoms with Crippen molar-refractivity contribution in [3.63, 3.8) is 0 Å². The number of ether oxygens (including phenoxy) is 2. The van der Waals surface area contributed by atoms with E-state index in [1.807, 2.05) is 74.5 Å². The van der Waals surface area contributed by atoms with Gasteiger partial charge in [0.2, 0.25) is 5.91 Å². The van der Waals surface area contributed by atoms with Crippen LogP contribution < -0.4 is 10.6 Å². The van der Waals surface area contributed by atoms with Gasteiger partial charge in [0.25, 0.3) is 0 Å². The molecule has 7 heteroatoms. The molecule has 7 nitrogen and oxygen atoms in total. The summed E-state index contributed by atoms with van der Waals surface area (Å²) in [6.45, 7) is 4.23. The fraction of sp³-hybridized carbons (Fsp3) is 0.250. The number of carbonyl (C=O) groups is 3. The van der Waals surface area contributed by atoms with Gasteiger partial charge in [-0.05, 0) is 29.2 Å². The third-order valence-electron chi connectivity index (χ3n) is 5.06. The predicted octanol–water partition coefficient (Wildman–Crippen LogP) is 4.98. The van der Waals surface area contributed by atoms with E-state index in [4.69, 9.17) is 9.47 Å². The molecule has 3 aromatic carbocycles. The summed E-state index contributed by atoms with van der Waals surface area (Å²) in [6.07, 6.45) is -0.470. The van der Waals surface area contributed by atoms with Gasteiger partial charge in [-0.2, -0.15) is 0 Å². The van der Waals surface area contributed by atoms with Crippen LogP contribution in [0.25, 0.3) is 0 Å². The second-order valence-electron chi connectivity index (χ2n) is 8.48. The summed E-state index contributed by atoms with van der Waals surface area (Å²) in [6, 6.07) is 24.3. The van der Waals surface area contributed by atoms with Crippen LogP contribution in [0, 0.1) is 5.92 Å². The fourth-order valence-corrected chi connectivity index (χ4v) is 3.28. The topological polar surface area (TPSA) is 93.7 Å². The molecular weight excluding hydrogens is 444 g/mol. The molecule has 0 fully saturated rings. The van der Waals surface area contributed by atoms with Gasteiger partial charge in [-0.3, -0.25) is 4.79 Å². The number of rotatable bonds is 10. The van der Waals surface area contributed by atoms with E-state index >= 15 is 0 Å². The molecule has 35 heavy (non-hydrogen) atoms. The summed E-state index contributed by atoms with van der Waals surface area (Å²) >= 11 is 0. The number of para-hydroxylation sites is 1. The molecule has 0 aromatic heterocycles. The number of carbonyl (C=O) groups excluding carboxylic acids is 3. The highest BCUT2D eigenvalue weighted by Crippen LogP contribution is 2.18. The standard InChI is InChI=1S/C28H30N2O5/c1-20(2)18-34-27(32)23-15-9-10-16-24(23)29-26(31)25(17-21-11-5-3-6-12-21)30-28(33)35-19-22-13-7-4-8-14-22/h3-16,20,25H,17-19H2,1-2H3,(H,29,31)(H,30,33). The molecule has 0 saturated heterocycles. The minimum Gasteiger partial charge on any atom is -0.462 e. The summed E-state index contributed by atoms with van der Waals surface area (Å²) in [4.78, 5) is 38.3. The summed E-state index contributed by atoms with van der Waals surface area (Å²) in [5, 5.41) is 5.42. The number of hydrogen-bond donors (Lipinski definition) is 2. The first-order valence-corrected chi connectivity index (χ1v) is 11.5. The zero-order valence-electron chi connectivity index (χ0n) is 19.9. The van der Waals surface area contributed by atoms with Crippen LogP contribution in [0.1, 0.15) is 35.3 Å². The first kappa shape index (κ1) is 25.5. The average molecular weight is 475 g/mol. The first-order chi connectivity index (χ1) is 16.9. The number of esters is 1. The molecule has 3 rings (SSSR count). The molecule has 0 bridgehead atoms. The van der Waals surface area contributed by atoms with Crippen LogP contribution in [0.5, 0.6) is 0 Å². The molecule has 0 heterocycles. The smallest absolute Gasteiger partial charge is 0.408 e. The van der Waals surface area contributed by atoms with E-state index in [2.05, 4.69) is 10.6 Å². The molecule has 0 aliphatic heterocycles. The van der Waals surface area contributed by atoms with E-state index in [0.717, 1.165) is 11.1 Å². The van der Waals surface area contributed by atoms with Crippen molar-refractivity contribution in [3.8, 4) is 0 Å². The molecule has 0 aliphatic rings. The van der Waals surface area contributed by atoms with Crippen molar-refractivity contribution in [1.82, 2.24) is 5.32 Å². The molecule has 1 unspecified atom stereocenters. The highest BCUT2D eigenvalue weighted by Gasteiger charge is 2.24. The molecule has 1 atom stereocenters. The molecule has 182 valence electrons. The van der Waals surface area contributed by atoms with Gasteiger partial charge in [0.05, 0.1) is 17.9 Å². The Balaban J connectivity index is 1.72. The van der Waals surface area contributed by atoms with E-state index in [0.29, 0.717) is 5.69 Å². The molecule has 2 amide bonds. The predicted molar refractivity (Wildman–Crippen MR) is 134 cm³/mol. The maximum absolute atomic E-state index is 13.2. The van der Waals surface area contributed by atoms with E-state index in [1.165, 1.54) is 0 Å². The Bertz CT molecular complexity index is 1120. The summed E-state index contributed by atoms with van der Waals surface area (Å²) in [5.74, 6) is -0.818. The Morgan fingerprint density at radius 3 is 2.03 bits per heavy atom. The SMILES string of the molecule is CC(C)COC(=O)c1ccccc1NC(=O)C(Cc1ccccc1)NC(=O)OCc1ccccc1. The van der Waals surface area contributed by atoms with Crippen molar-refractivity contribution in [3.05, 3.63) is 102 Å². The summed E-state index contributed by atoms with van der Waals surface area (Å²) in [7, 11) is 0. The number of nitrogens with one attached hydrogen (secondary N) is 2. The highest BCUT2D eigenvalue weighted by atomic mass is 16.5. The average Bonchev–Trinajstić information content (AvgIpc) is 2.87. The molecule has 3 aromatic rings. The second kappa shape index (κ2) is 12.9. The minimum atomic E-state index is -0.930. The van der Waals surface area contributed by atoms with E-state index in [9.17, 15) is 14.4 Å². The zero-order chi connectivity index (χ0) is 25.0. The monoisotopic (exact) mass is 474 g/mol. The van der Waals surface area contributed by atoms with Crippen LogP contribution in [-0.4, -0.2) is 30.6 Å². The Morgan fingerprint density at radius 2 is 1.37 bits per heavy atom. The van der Waals surface area contributed by atoms with Crippen molar-refractivity contribution in [2.75, 3.05) is 11.9 Å². The molecule has 0 saturated carbocycles. The van der Waals surface area contributed by atoms with Gasteiger partial charge in [0.15, 0.2) is 0 Å². The highest BCUT2D eigenvalue weighted by molar-refractivity contribution is 6.03. The Labute approximate surface area is 205 Å². The zero-order valence-corrected chi connectivity index (χ0v) is 19.9. The van der Waals surface area contributed by atoms with Crippen molar-refractivity contribution in [1.29, 1.82) is 0 Å². The van der Waals surface area contributed by atoms with Crippen molar-refractivity contribution < 1.29 is 23.9 Å². The van der Waals surface area contributed by atoms with Crippen LogP contribution in [-0.2, 0) is 27.3 Å². The molecule has 2 N–H and O–H groups in total. The van der Waals surface area contributed by atoms with Gasteiger partial charge < -0.3 is 20.1 Å². The van der Waals surface area contributed by atoms with E-state index in [1.54, 1.807) is 24.3 Å². The van der Waals surface area contributed by atoms with Gasteiger partial charge in [0.1, 0.15) is 12.6 Å². The number of benzene rings is 3. The Hall–Kier alpha value is -4.13. The van der Waals surface area contributed by atoms with Crippen LogP contribution in [0.4, 0.5) is 10.5 Å². The lowest BCUT2D eigenvalue weighted by Crippen LogP contribution is -2.45. The normalized spacial score (nSPS) is 11.4. The van der Waals surface area contributed by atoms with Crippen molar-refractivity contribution in [2.24, 2.45) is 5.92 Å². The lowest BCUT2D eigenvalue weighted by atomic mass is 10.0. The largest absolute Gasteiger partial charge is 0.462 e. The summed E-state index contributed by atoms with van der Waals surface area (Å²) < 4.78 is 10.6. The fourth-order valence-electron chi connectivity index (χ4n) is 3.28. The van der Waals surface area contributed by atoms with Gasteiger partial charge in [-0.15, -0.1) is 0 Å². The lowest BCUT2D eigenvalue weighted by Gasteiger charge is -2.19. The minimum absolute atomic E-state index is 0.0802. The number of anilines is 1. The van der Waals surface area contributed by atoms with E-state index < -0.39 is 24.0 Å². The van der Waals surface area contributed by atoms with Crippen molar-refractivity contribution >= 4 is 23.7 Å². The Kier molecular flexibility index (Phi) is 9.42. The molecular formula is C28H30N2O5. The third-order valence-corrected chi connectivity index (χ3v) is 5.06. The lowest BCUT2D eigenvalue weighted by molar-refractivity contribution is -0.118. The number of amides is 2. The van der Waals surface area contributed by atoms with Crippen LogP contribution in [0.2, 0.25) is 0 Å². The second-order valence-corrected chi connectivity index (χ2v) is 8.48. The molecule has 0 radical (unpaired) electrons. The van der Waals surface area contributed by atoms with Gasteiger partial charge in [-0.25, -0.2) is 9.59 Å². The first-order valence-electron chi connectivity index (χ1n) is 11.5. The van der Waals surface area contributed by atoms with Crippen LogP contribution in [0.15, 0.2) is 84.9 Å².